The molecule has 0 spiro atoms. The van der Waals surface area contributed by atoms with Gasteiger partial charge in [-0.15, -0.1) is 0 Å². The molecule has 3 aromatic carbocycles. The number of aromatic hydroxyl groups is 2. The third-order valence-electron chi connectivity index (χ3n) is 6.94. The molecule has 1 fully saturated rings. The van der Waals surface area contributed by atoms with Gasteiger partial charge in [-0.3, -0.25) is 9.59 Å². The summed E-state index contributed by atoms with van der Waals surface area (Å²) in [6.07, 6.45) is 3.08. The van der Waals surface area contributed by atoms with Gasteiger partial charge in [0.25, 0.3) is 11.8 Å². The maximum absolute atomic E-state index is 13.3. The maximum Gasteiger partial charge on any atom is 0.255 e. The van der Waals surface area contributed by atoms with E-state index in [1.807, 2.05) is 0 Å². The number of carbonyl (C=O) groups excluding carboxylic acids is 2. The second-order valence-electron chi connectivity index (χ2n) is 9.61. The Labute approximate surface area is 231 Å². The number of benzene rings is 3. The Morgan fingerprint density at radius 2 is 1.10 bits per heavy atom. The number of rotatable bonds is 9. The van der Waals surface area contributed by atoms with Crippen molar-refractivity contribution >= 4 is 28.9 Å². The van der Waals surface area contributed by atoms with Gasteiger partial charge >= 0.3 is 0 Å². The zero-order valence-electron chi connectivity index (χ0n) is 21.9. The molecule has 1 aliphatic heterocycles. The Balaban J connectivity index is 1.66. The molecule has 1 aliphatic rings. The number of amides is 2. The molecule has 0 bridgehead atoms. The van der Waals surface area contributed by atoms with E-state index >= 15 is 0 Å². The first kappa shape index (κ1) is 28.8. The third kappa shape index (κ3) is 6.18. The fourth-order valence-electron chi connectivity index (χ4n) is 4.79. The van der Waals surface area contributed by atoms with Gasteiger partial charge in [-0.25, -0.2) is 0 Å². The number of anilines is 3. The molecule has 4 rings (SSSR count). The van der Waals surface area contributed by atoms with Crippen molar-refractivity contribution in [1.82, 2.24) is 0 Å². The highest BCUT2D eigenvalue weighted by Crippen LogP contribution is 2.33. The number of phenols is 2. The van der Waals surface area contributed by atoms with Crippen molar-refractivity contribution in [2.45, 2.75) is 45.7 Å². The number of piperidine rings is 1. The average Bonchev–Trinajstić information content (AvgIpc) is 2.97. The second kappa shape index (κ2) is 12.8. The molecule has 11 heteroatoms. The monoisotopic (exact) mass is 551 g/mol. The van der Waals surface area contributed by atoms with Crippen molar-refractivity contribution in [2.24, 2.45) is 0 Å². The van der Waals surface area contributed by atoms with Crippen LogP contribution in [0.3, 0.4) is 0 Å². The summed E-state index contributed by atoms with van der Waals surface area (Å²) in [5, 5.41) is 64.1. The normalized spacial score (nSPS) is 13.2. The summed E-state index contributed by atoms with van der Waals surface area (Å²) in [6, 6.07) is 10.5. The smallest absolute Gasteiger partial charge is 0.255 e. The summed E-state index contributed by atoms with van der Waals surface area (Å²) in [5.74, 6) is -1.64. The van der Waals surface area contributed by atoms with Crippen molar-refractivity contribution in [3.05, 3.63) is 75.8 Å². The Bertz CT molecular complexity index is 1350. The first-order valence-electron chi connectivity index (χ1n) is 12.9. The molecule has 40 heavy (non-hydrogen) atoms. The van der Waals surface area contributed by atoms with Gasteiger partial charge < -0.3 is 46.2 Å². The predicted molar refractivity (Wildman–Crippen MR) is 148 cm³/mol. The van der Waals surface area contributed by atoms with Gasteiger partial charge in [0, 0.05) is 52.2 Å². The van der Waals surface area contributed by atoms with E-state index in [4.69, 9.17) is 0 Å². The van der Waals surface area contributed by atoms with Crippen LogP contribution in [0.5, 0.6) is 11.5 Å². The minimum absolute atomic E-state index is 0.100. The van der Waals surface area contributed by atoms with Gasteiger partial charge in [-0.05, 0) is 61.7 Å². The van der Waals surface area contributed by atoms with Crippen LogP contribution < -0.4 is 15.5 Å². The molecule has 0 atom stereocenters. The molecule has 2 amide bonds. The van der Waals surface area contributed by atoms with Crippen molar-refractivity contribution < 1.29 is 40.2 Å². The highest BCUT2D eigenvalue weighted by Gasteiger charge is 2.20. The largest absolute Gasteiger partial charge is 0.507 e. The summed E-state index contributed by atoms with van der Waals surface area (Å²) < 4.78 is 0. The standard InChI is InChI=1S/C29H33N3O8/c33-13-19-8-17(9-20(14-34)26(19)37)28(39)30-23-4-5-25(32-6-2-1-3-7-32)24(12-23)31-29(40)18-10-21(15-35)27(38)22(11-18)16-36/h4-5,8-12,33-38H,1-3,6-7,13-16H2,(H,30,39)(H,31,40). The predicted octanol–water partition coefficient (Wildman–Crippen LogP) is 2.56. The lowest BCUT2D eigenvalue weighted by atomic mass is 10.0. The molecule has 1 saturated heterocycles. The van der Waals surface area contributed by atoms with E-state index in [0.29, 0.717) is 11.4 Å². The fourth-order valence-corrected chi connectivity index (χ4v) is 4.79. The SMILES string of the molecule is O=C(Nc1ccc(N2CCCCC2)c(NC(=O)c2cc(CO)c(O)c(CO)c2)c1)c1cc(CO)c(O)c(CO)c1. The highest BCUT2D eigenvalue weighted by atomic mass is 16.3. The number of hydrogen-bond acceptors (Lipinski definition) is 9. The summed E-state index contributed by atoms with van der Waals surface area (Å²) in [6.45, 7) is -0.500. The van der Waals surface area contributed by atoms with Crippen LogP contribution in [0.2, 0.25) is 0 Å². The number of aliphatic hydroxyl groups is 4. The highest BCUT2D eigenvalue weighted by molar-refractivity contribution is 6.08. The zero-order valence-corrected chi connectivity index (χ0v) is 21.9. The average molecular weight is 552 g/mol. The Morgan fingerprint density at radius 1 is 0.650 bits per heavy atom. The molecule has 11 nitrogen and oxygen atoms in total. The number of hydrogen-bond donors (Lipinski definition) is 8. The molecular formula is C29H33N3O8. The van der Waals surface area contributed by atoms with Crippen molar-refractivity contribution in [1.29, 1.82) is 0 Å². The summed E-state index contributed by atoms with van der Waals surface area (Å²) in [5.41, 5.74) is 2.20. The first-order valence-corrected chi connectivity index (χ1v) is 12.9. The molecule has 0 saturated carbocycles. The first-order chi connectivity index (χ1) is 19.3. The van der Waals surface area contributed by atoms with Crippen LogP contribution in [-0.2, 0) is 26.4 Å². The van der Waals surface area contributed by atoms with Crippen LogP contribution in [-0.4, -0.2) is 55.5 Å². The number of nitrogens with zero attached hydrogens (tertiary/aromatic N) is 1. The third-order valence-corrected chi connectivity index (χ3v) is 6.94. The minimum Gasteiger partial charge on any atom is -0.507 e. The van der Waals surface area contributed by atoms with Crippen LogP contribution in [0.4, 0.5) is 17.1 Å². The van der Waals surface area contributed by atoms with Crippen LogP contribution in [0.15, 0.2) is 42.5 Å². The summed E-state index contributed by atoms with van der Waals surface area (Å²) >= 11 is 0. The van der Waals surface area contributed by atoms with Crippen LogP contribution >= 0.6 is 0 Å². The van der Waals surface area contributed by atoms with Crippen molar-refractivity contribution in [3.63, 3.8) is 0 Å². The van der Waals surface area contributed by atoms with Gasteiger partial charge in [-0.1, -0.05) is 0 Å². The fraction of sp³-hybridized carbons (Fsp3) is 0.310. The number of carbonyl (C=O) groups is 2. The van der Waals surface area contributed by atoms with E-state index in [0.717, 1.165) is 38.0 Å². The lowest BCUT2D eigenvalue weighted by Gasteiger charge is -2.31. The Hall–Kier alpha value is -4.16. The van der Waals surface area contributed by atoms with E-state index < -0.39 is 38.2 Å². The lowest BCUT2D eigenvalue weighted by molar-refractivity contribution is 0.101. The molecule has 1 heterocycles. The van der Waals surface area contributed by atoms with E-state index in [1.165, 1.54) is 24.3 Å². The molecule has 8 N–H and O–H groups in total. The van der Waals surface area contributed by atoms with Crippen molar-refractivity contribution in [3.8, 4) is 11.5 Å². The molecule has 0 aliphatic carbocycles. The van der Waals surface area contributed by atoms with Crippen LogP contribution in [0.25, 0.3) is 0 Å². The maximum atomic E-state index is 13.3. The lowest BCUT2D eigenvalue weighted by Crippen LogP contribution is -2.30. The van der Waals surface area contributed by atoms with Gasteiger partial charge in [0.05, 0.1) is 37.8 Å². The van der Waals surface area contributed by atoms with Gasteiger partial charge in [0.1, 0.15) is 11.5 Å². The summed E-state index contributed by atoms with van der Waals surface area (Å²) in [4.78, 5) is 28.5. The number of aliphatic hydroxyl groups excluding tert-OH is 4. The quantitative estimate of drug-likeness (QED) is 0.198. The second-order valence-corrected chi connectivity index (χ2v) is 9.61. The Morgan fingerprint density at radius 3 is 1.55 bits per heavy atom. The topological polar surface area (TPSA) is 183 Å². The Kier molecular flexibility index (Phi) is 9.22. The van der Waals surface area contributed by atoms with Gasteiger partial charge in [-0.2, -0.15) is 0 Å². The zero-order chi connectivity index (χ0) is 28.8. The van der Waals surface area contributed by atoms with E-state index in [2.05, 4.69) is 15.5 Å². The summed E-state index contributed by atoms with van der Waals surface area (Å²) in [7, 11) is 0. The minimum atomic E-state index is -0.550. The number of nitrogens with one attached hydrogen (secondary N) is 2. The molecule has 0 aromatic heterocycles. The molecule has 0 unspecified atom stereocenters. The van der Waals surface area contributed by atoms with E-state index in [1.54, 1.807) is 18.2 Å². The molecule has 212 valence electrons. The van der Waals surface area contributed by atoms with E-state index in [9.17, 15) is 40.2 Å². The van der Waals surface area contributed by atoms with Gasteiger partial charge in [0.2, 0.25) is 0 Å². The van der Waals surface area contributed by atoms with E-state index in [-0.39, 0.29) is 44.9 Å². The van der Waals surface area contributed by atoms with Crippen LogP contribution in [0.1, 0.15) is 62.2 Å². The van der Waals surface area contributed by atoms with Crippen LogP contribution in [0, 0.1) is 0 Å². The molecule has 0 radical (unpaired) electrons. The molecular weight excluding hydrogens is 518 g/mol. The van der Waals surface area contributed by atoms with Gasteiger partial charge in [0.15, 0.2) is 0 Å². The molecule has 3 aromatic rings. The van der Waals surface area contributed by atoms with Crippen molar-refractivity contribution in [2.75, 3.05) is 28.6 Å².